The number of aromatic nitrogens is 2. The van der Waals surface area contributed by atoms with Crippen molar-refractivity contribution in [3.63, 3.8) is 0 Å². The second kappa shape index (κ2) is 17.1. The molecule has 246 valence electrons. The molecule has 0 saturated carbocycles. The van der Waals surface area contributed by atoms with Gasteiger partial charge in [0.1, 0.15) is 29.9 Å². The van der Waals surface area contributed by atoms with Gasteiger partial charge in [-0.1, -0.05) is 43.5 Å². The average Bonchev–Trinajstić information content (AvgIpc) is 3.61. The number of aryl methyl sites for hydroxylation is 1. The molecule has 0 bridgehead atoms. The van der Waals surface area contributed by atoms with Crippen LogP contribution in [0.2, 0.25) is 5.02 Å². The van der Waals surface area contributed by atoms with Crippen molar-refractivity contribution < 1.29 is 9.47 Å². The number of nitrogens with one attached hydrogen (secondary N) is 1. The van der Waals surface area contributed by atoms with Crippen molar-refractivity contribution in [3.05, 3.63) is 105 Å². The molecule has 0 atom stereocenters. The maximum Gasteiger partial charge on any atom is 0.258 e. The summed E-state index contributed by atoms with van der Waals surface area (Å²) in [6.45, 7) is 9.88. The highest BCUT2D eigenvalue weighted by Crippen LogP contribution is 2.38. The highest BCUT2D eigenvalue weighted by molar-refractivity contribution is 6.32. The fraction of sp³-hybridized carbons (Fsp3) is 0.395. The summed E-state index contributed by atoms with van der Waals surface area (Å²) < 4.78 is 14.5. The SMILES string of the molecule is CCCCCNCc1cc(Cl)c(Oc2cccc(-c3cccn(CCCN4CCCC4)c3=O)c2C)cc1OCc1cncc(C#N)c1. The average molecular weight is 654 g/mol. The standard InChI is InChI=1S/C38H44ClN5O3/c1-3-4-5-14-41-26-31-21-34(39)37(22-36(31)46-27-30-20-29(23-40)24-42-25-30)47-35-13-8-11-32(28(35)2)33-12-9-18-44(38(33)45)19-10-17-43-15-6-7-16-43/h8-9,11-13,18,20-22,24-25,41H,3-7,10,14-17,19,26-27H2,1-2H3. The number of halogens is 1. The first-order valence-corrected chi connectivity index (χ1v) is 17.0. The molecule has 1 fully saturated rings. The molecule has 0 aliphatic carbocycles. The molecule has 1 aliphatic heterocycles. The molecule has 9 heteroatoms. The van der Waals surface area contributed by atoms with Gasteiger partial charge in [0.25, 0.3) is 5.56 Å². The van der Waals surface area contributed by atoms with E-state index < -0.39 is 0 Å². The minimum Gasteiger partial charge on any atom is -0.488 e. The predicted octanol–water partition coefficient (Wildman–Crippen LogP) is 7.88. The van der Waals surface area contributed by atoms with Gasteiger partial charge in [-0.2, -0.15) is 5.26 Å². The van der Waals surface area contributed by atoms with Crippen molar-refractivity contribution in [2.45, 2.75) is 72.1 Å². The number of hydrogen-bond acceptors (Lipinski definition) is 7. The van der Waals surface area contributed by atoms with E-state index in [0.717, 1.165) is 67.7 Å². The van der Waals surface area contributed by atoms with Crippen molar-refractivity contribution in [3.8, 4) is 34.4 Å². The molecule has 0 unspecified atom stereocenters. The third-order valence-electron chi connectivity index (χ3n) is 8.59. The molecule has 4 aromatic rings. The molecule has 0 radical (unpaired) electrons. The first-order chi connectivity index (χ1) is 23.0. The van der Waals surface area contributed by atoms with Crippen LogP contribution in [0.15, 0.2) is 71.9 Å². The molecule has 47 heavy (non-hydrogen) atoms. The summed E-state index contributed by atoms with van der Waals surface area (Å²) in [5.41, 5.74) is 4.48. The number of benzene rings is 2. The van der Waals surface area contributed by atoms with E-state index in [1.54, 1.807) is 12.3 Å². The number of pyridine rings is 2. The molecule has 0 spiro atoms. The highest BCUT2D eigenvalue weighted by Gasteiger charge is 2.17. The summed E-state index contributed by atoms with van der Waals surface area (Å²) in [6, 6.07) is 17.1. The van der Waals surface area contributed by atoms with Crippen molar-refractivity contribution in [2.75, 3.05) is 26.2 Å². The van der Waals surface area contributed by atoms with Crippen molar-refractivity contribution in [1.82, 2.24) is 19.8 Å². The van der Waals surface area contributed by atoms with Crippen LogP contribution in [0.5, 0.6) is 17.2 Å². The molecule has 5 rings (SSSR count). The Labute approximate surface area is 282 Å². The van der Waals surface area contributed by atoms with Crippen molar-refractivity contribution >= 4 is 11.6 Å². The number of nitriles is 1. The number of unbranched alkanes of at least 4 members (excludes halogenated alkanes) is 2. The Bertz CT molecular complexity index is 1740. The normalized spacial score (nSPS) is 13.1. The first-order valence-electron chi connectivity index (χ1n) is 16.7. The van der Waals surface area contributed by atoms with E-state index in [4.69, 9.17) is 21.1 Å². The second-order valence-corrected chi connectivity index (χ2v) is 12.5. The van der Waals surface area contributed by atoms with Crippen LogP contribution < -0.4 is 20.3 Å². The van der Waals surface area contributed by atoms with Crippen LogP contribution in [-0.4, -0.2) is 40.6 Å². The van der Waals surface area contributed by atoms with Crippen LogP contribution in [0.25, 0.3) is 11.1 Å². The lowest BCUT2D eigenvalue weighted by molar-refractivity contribution is 0.300. The Hall–Kier alpha value is -4.16. The zero-order valence-electron chi connectivity index (χ0n) is 27.4. The van der Waals surface area contributed by atoms with Gasteiger partial charge in [0.2, 0.25) is 0 Å². The summed E-state index contributed by atoms with van der Waals surface area (Å²) in [5.74, 6) is 1.69. The number of hydrogen-bond donors (Lipinski definition) is 1. The van der Waals surface area contributed by atoms with E-state index in [1.165, 1.54) is 25.5 Å². The minimum absolute atomic E-state index is 0.00589. The van der Waals surface area contributed by atoms with E-state index in [0.29, 0.717) is 46.5 Å². The predicted molar refractivity (Wildman–Crippen MR) is 187 cm³/mol. The number of likely N-dealkylation sites (tertiary alicyclic amines) is 1. The van der Waals surface area contributed by atoms with Gasteiger partial charge < -0.3 is 24.3 Å². The van der Waals surface area contributed by atoms with Gasteiger partial charge in [-0.25, -0.2) is 0 Å². The fourth-order valence-electron chi connectivity index (χ4n) is 5.96. The lowest BCUT2D eigenvalue weighted by atomic mass is 10.0. The molecule has 1 N–H and O–H groups in total. The van der Waals surface area contributed by atoms with E-state index in [-0.39, 0.29) is 12.2 Å². The largest absolute Gasteiger partial charge is 0.488 e. The van der Waals surface area contributed by atoms with Gasteiger partial charge in [0.15, 0.2) is 0 Å². The van der Waals surface area contributed by atoms with Gasteiger partial charge >= 0.3 is 0 Å². The topological polar surface area (TPSA) is 92.4 Å². The number of ether oxygens (including phenoxy) is 2. The Kier molecular flexibility index (Phi) is 12.5. The van der Waals surface area contributed by atoms with E-state index >= 15 is 0 Å². The van der Waals surface area contributed by atoms with E-state index in [9.17, 15) is 10.1 Å². The van der Waals surface area contributed by atoms with Crippen molar-refractivity contribution in [1.29, 1.82) is 5.26 Å². The molecule has 2 aromatic heterocycles. The van der Waals surface area contributed by atoms with E-state index in [2.05, 4.69) is 28.2 Å². The van der Waals surface area contributed by atoms with Crippen LogP contribution in [0.4, 0.5) is 0 Å². The van der Waals surface area contributed by atoms with Gasteiger partial charge in [-0.3, -0.25) is 9.78 Å². The van der Waals surface area contributed by atoms with Crippen LogP contribution in [-0.2, 0) is 19.7 Å². The summed E-state index contributed by atoms with van der Waals surface area (Å²) in [5, 5.41) is 13.2. The Morgan fingerprint density at radius 3 is 2.62 bits per heavy atom. The minimum atomic E-state index is -0.00589. The smallest absolute Gasteiger partial charge is 0.258 e. The quantitative estimate of drug-likeness (QED) is 0.123. The zero-order valence-corrected chi connectivity index (χ0v) is 28.2. The Morgan fingerprint density at radius 1 is 0.979 bits per heavy atom. The van der Waals surface area contributed by atoms with Gasteiger partial charge in [-0.05, 0) is 100 Å². The summed E-state index contributed by atoms with van der Waals surface area (Å²) in [6.07, 6.45) is 12.0. The molecule has 0 amide bonds. The van der Waals surface area contributed by atoms with E-state index in [1.807, 2.05) is 60.2 Å². The molecular weight excluding hydrogens is 610 g/mol. The summed E-state index contributed by atoms with van der Waals surface area (Å²) in [4.78, 5) is 20.2. The molecule has 1 aliphatic rings. The highest BCUT2D eigenvalue weighted by atomic mass is 35.5. The van der Waals surface area contributed by atoms with Gasteiger partial charge in [0, 0.05) is 54.4 Å². The number of rotatable bonds is 16. The molecule has 8 nitrogen and oxygen atoms in total. The van der Waals surface area contributed by atoms with Gasteiger partial charge in [0.05, 0.1) is 10.6 Å². The summed E-state index contributed by atoms with van der Waals surface area (Å²) >= 11 is 6.81. The third-order valence-corrected chi connectivity index (χ3v) is 8.89. The Balaban J connectivity index is 1.36. The molecule has 1 saturated heterocycles. The van der Waals surface area contributed by atoms with Crippen molar-refractivity contribution in [2.24, 2.45) is 0 Å². The fourth-order valence-corrected chi connectivity index (χ4v) is 6.19. The number of nitrogens with zero attached hydrogens (tertiary/aromatic N) is 4. The second-order valence-electron chi connectivity index (χ2n) is 12.1. The maximum atomic E-state index is 13.6. The third kappa shape index (κ3) is 9.23. The molecular formula is C38H44ClN5O3. The first kappa shape index (κ1) is 34.2. The zero-order chi connectivity index (χ0) is 33.0. The lowest BCUT2D eigenvalue weighted by Gasteiger charge is -2.18. The maximum absolute atomic E-state index is 13.6. The summed E-state index contributed by atoms with van der Waals surface area (Å²) in [7, 11) is 0. The Morgan fingerprint density at radius 2 is 1.81 bits per heavy atom. The van der Waals surface area contributed by atoms with Crippen LogP contribution in [0.1, 0.15) is 67.7 Å². The van der Waals surface area contributed by atoms with Gasteiger partial charge in [-0.15, -0.1) is 0 Å². The molecule has 3 heterocycles. The molecule has 2 aromatic carbocycles. The monoisotopic (exact) mass is 653 g/mol. The lowest BCUT2D eigenvalue weighted by Crippen LogP contribution is -2.25. The van der Waals surface area contributed by atoms with Crippen LogP contribution in [0, 0.1) is 18.3 Å². The van der Waals surface area contributed by atoms with Crippen LogP contribution >= 0.6 is 11.6 Å². The van der Waals surface area contributed by atoms with Crippen LogP contribution in [0.3, 0.4) is 0 Å².